The maximum absolute atomic E-state index is 11.4. The molecule has 1 saturated carbocycles. The van der Waals surface area contributed by atoms with Crippen LogP contribution in [0.15, 0.2) is 35.9 Å². The molecule has 1 aromatic carbocycles. The molecule has 0 aromatic heterocycles. The molecule has 1 aliphatic rings. The molecule has 1 aromatic rings. The molecule has 0 radical (unpaired) electrons. The van der Waals surface area contributed by atoms with Crippen LogP contribution in [-0.4, -0.2) is 12.6 Å². The smallest absolute Gasteiger partial charge is 0.330 e. The largest absolute Gasteiger partial charge is 0.463 e. The van der Waals surface area contributed by atoms with Gasteiger partial charge in [-0.3, -0.25) is 0 Å². The van der Waals surface area contributed by atoms with Crippen LogP contribution in [0.1, 0.15) is 37.7 Å². The molecule has 18 heavy (non-hydrogen) atoms. The Kier molecular flexibility index (Phi) is 4.03. The SMILES string of the molecule is CCOC(=O)C=C1CC[C@H](c2ccc(N)cc2)C1. The number of hydrogen-bond donors (Lipinski definition) is 1. The number of nitrogen functional groups attached to an aromatic ring is 1. The average molecular weight is 245 g/mol. The Labute approximate surface area is 108 Å². The van der Waals surface area contributed by atoms with Gasteiger partial charge in [-0.05, 0) is 49.8 Å². The molecule has 0 unspecified atom stereocenters. The summed E-state index contributed by atoms with van der Waals surface area (Å²) in [4.78, 5) is 11.4. The van der Waals surface area contributed by atoms with Crippen molar-refractivity contribution in [2.24, 2.45) is 0 Å². The van der Waals surface area contributed by atoms with Gasteiger partial charge in [-0.15, -0.1) is 0 Å². The highest BCUT2D eigenvalue weighted by Crippen LogP contribution is 2.37. The first-order chi connectivity index (χ1) is 8.69. The second-order valence-electron chi connectivity index (χ2n) is 4.66. The molecule has 2 rings (SSSR count). The normalized spacial score (nSPS) is 21.2. The molecule has 3 nitrogen and oxygen atoms in total. The molecule has 0 bridgehead atoms. The van der Waals surface area contributed by atoms with E-state index in [0.717, 1.165) is 24.9 Å². The van der Waals surface area contributed by atoms with Crippen LogP contribution in [0.3, 0.4) is 0 Å². The fraction of sp³-hybridized carbons (Fsp3) is 0.400. The van der Waals surface area contributed by atoms with E-state index in [1.807, 2.05) is 19.1 Å². The lowest BCUT2D eigenvalue weighted by atomic mass is 9.97. The second-order valence-corrected chi connectivity index (χ2v) is 4.66. The highest BCUT2D eigenvalue weighted by atomic mass is 16.5. The number of allylic oxidation sites excluding steroid dienone is 1. The van der Waals surface area contributed by atoms with Gasteiger partial charge >= 0.3 is 5.97 Å². The zero-order valence-corrected chi connectivity index (χ0v) is 10.7. The van der Waals surface area contributed by atoms with E-state index in [4.69, 9.17) is 10.5 Å². The summed E-state index contributed by atoms with van der Waals surface area (Å²) >= 11 is 0. The van der Waals surface area contributed by atoms with Crippen molar-refractivity contribution in [1.29, 1.82) is 0 Å². The minimum absolute atomic E-state index is 0.217. The lowest BCUT2D eigenvalue weighted by Gasteiger charge is -2.08. The number of nitrogens with two attached hydrogens (primary N) is 1. The quantitative estimate of drug-likeness (QED) is 0.506. The van der Waals surface area contributed by atoms with Gasteiger partial charge in [0, 0.05) is 11.8 Å². The summed E-state index contributed by atoms with van der Waals surface area (Å²) in [6.07, 6.45) is 4.67. The molecule has 1 aliphatic carbocycles. The summed E-state index contributed by atoms with van der Waals surface area (Å²) in [7, 11) is 0. The molecule has 2 N–H and O–H groups in total. The molecule has 1 fully saturated rings. The predicted octanol–water partition coefficient (Wildman–Crippen LogP) is 3.03. The first-order valence-corrected chi connectivity index (χ1v) is 6.40. The number of carbonyl (C=O) groups is 1. The standard InChI is InChI=1S/C15H19NO2/c1-2-18-15(17)10-11-3-4-13(9-11)12-5-7-14(16)8-6-12/h5-8,10,13H,2-4,9,16H2,1H3/t13-/m0/s1. The molecule has 0 aliphatic heterocycles. The van der Waals surface area contributed by atoms with Crippen LogP contribution in [0.4, 0.5) is 5.69 Å². The number of esters is 1. The minimum Gasteiger partial charge on any atom is -0.463 e. The van der Waals surface area contributed by atoms with Gasteiger partial charge in [0.25, 0.3) is 0 Å². The molecule has 0 spiro atoms. The summed E-state index contributed by atoms with van der Waals surface area (Å²) in [6, 6.07) is 8.02. The summed E-state index contributed by atoms with van der Waals surface area (Å²) < 4.78 is 4.93. The first kappa shape index (κ1) is 12.7. The van der Waals surface area contributed by atoms with Crippen molar-refractivity contribution in [3.63, 3.8) is 0 Å². The Balaban J connectivity index is 2.00. The Hall–Kier alpha value is -1.77. The number of benzene rings is 1. The molecule has 0 heterocycles. The van der Waals surface area contributed by atoms with Crippen LogP contribution in [0, 0.1) is 0 Å². The number of ether oxygens (including phenoxy) is 1. The third-order valence-electron chi connectivity index (χ3n) is 3.34. The monoisotopic (exact) mass is 245 g/mol. The Morgan fingerprint density at radius 3 is 2.83 bits per heavy atom. The fourth-order valence-electron chi connectivity index (χ4n) is 2.41. The van der Waals surface area contributed by atoms with Gasteiger partial charge in [0.1, 0.15) is 0 Å². The summed E-state index contributed by atoms with van der Waals surface area (Å²) in [5.41, 5.74) is 8.96. The van der Waals surface area contributed by atoms with E-state index < -0.39 is 0 Å². The highest BCUT2D eigenvalue weighted by Gasteiger charge is 2.21. The minimum atomic E-state index is -0.217. The Bertz CT molecular complexity index is 448. The summed E-state index contributed by atoms with van der Waals surface area (Å²) in [5.74, 6) is 0.289. The van der Waals surface area contributed by atoms with Crippen molar-refractivity contribution in [1.82, 2.24) is 0 Å². The number of anilines is 1. The predicted molar refractivity (Wildman–Crippen MR) is 72.2 cm³/mol. The van der Waals surface area contributed by atoms with Gasteiger partial charge in [0.05, 0.1) is 6.61 Å². The number of rotatable bonds is 3. The van der Waals surface area contributed by atoms with Crippen molar-refractivity contribution >= 4 is 11.7 Å². The highest BCUT2D eigenvalue weighted by molar-refractivity contribution is 5.82. The van der Waals surface area contributed by atoms with Crippen LogP contribution in [0.25, 0.3) is 0 Å². The van der Waals surface area contributed by atoms with Crippen molar-refractivity contribution in [3.05, 3.63) is 41.5 Å². The number of carbonyl (C=O) groups excluding carboxylic acids is 1. The third-order valence-corrected chi connectivity index (χ3v) is 3.34. The summed E-state index contributed by atoms with van der Waals surface area (Å²) in [6.45, 7) is 2.26. The van der Waals surface area contributed by atoms with Crippen LogP contribution in [-0.2, 0) is 9.53 Å². The molecular formula is C15H19NO2. The van der Waals surface area contributed by atoms with E-state index in [0.29, 0.717) is 12.5 Å². The zero-order valence-electron chi connectivity index (χ0n) is 10.7. The lowest BCUT2D eigenvalue weighted by molar-refractivity contribution is -0.137. The van der Waals surface area contributed by atoms with Crippen LogP contribution in [0.5, 0.6) is 0 Å². The van der Waals surface area contributed by atoms with Crippen LogP contribution in [0.2, 0.25) is 0 Å². The van der Waals surface area contributed by atoms with Gasteiger partial charge in [-0.1, -0.05) is 17.7 Å². The Morgan fingerprint density at radius 1 is 1.44 bits per heavy atom. The van der Waals surface area contributed by atoms with Crippen molar-refractivity contribution in [2.45, 2.75) is 32.1 Å². The number of hydrogen-bond acceptors (Lipinski definition) is 3. The van der Waals surface area contributed by atoms with E-state index >= 15 is 0 Å². The van der Waals surface area contributed by atoms with Gasteiger partial charge in [0.2, 0.25) is 0 Å². The second kappa shape index (κ2) is 5.71. The van der Waals surface area contributed by atoms with Crippen molar-refractivity contribution < 1.29 is 9.53 Å². The molecule has 0 saturated heterocycles. The van der Waals surface area contributed by atoms with E-state index in [1.54, 1.807) is 6.08 Å². The van der Waals surface area contributed by atoms with Gasteiger partial charge in [-0.25, -0.2) is 4.79 Å². The fourth-order valence-corrected chi connectivity index (χ4v) is 2.41. The molecule has 3 heteroatoms. The Morgan fingerprint density at radius 2 is 2.17 bits per heavy atom. The third kappa shape index (κ3) is 3.13. The van der Waals surface area contributed by atoms with E-state index in [1.165, 1.54) is 11.1 Å². The van der Waals surface area contributed by atoms with E-state index in [-0.39, 0.29) is 5.97 Å². The van der Waals surface area contributed by atoms with Crippen LogP contribution < -0.4 is 5.73 Å². The van der Waals surface area contributed by atoms with Crippen LogP contribution >= 0.6 is 0 Å². The zero-order chi connectivity index (χ0) is 13.0. The molecule has 1 atom stereocenters. The lowest BCUT2D eigenvalue weighted by Crippen LogP contribution is -2.00. The first-order valence-electron chi connectivity index (χ1n) is 6.40. The van der Waals surface area contributed by atoms with Gasteiger partial charge < -0.3 is 10.5 Å². The topological polar surface area (TPSA) is 52.3 Å². The maximum Gasteiger partial charge on any atom is 0.330 e. The van der Waals surface area contributed by atoms with Gasteiger partial charge in [0.15, 0.2) is 0 Å². The summed E-state index contributed by atoms with van der Waals surface area (Å²) in [5, 5.41) is 0. The van der Waals surface area contributed by atoms with E-state index in [2.05, 4.69) is 12.1 Å². The van der Waals surface area contributed by atoms with Crippen molar-refractivity contribution in [2.75, 3.05) is 12.3 Å². The molecule has 0 amide bonds. The maximum atomic E-state index is 11.4. The van der Waals surface area contributed by atoms with E-state index in [9.17, 15) is 4.79 Å². The van der Waals surface area contributed by atoms with Gasteiger partial charge in [-0.2, -0.15) is 0 Å². The van der Waals surface area contributed by atoms with Crippen molar-refractivity contribution in [3.8, 4) is 0 Å². The molecular weight excluding hydrogens is 226 g/mol. The average Bonchev–Trinajstić information content (AvgIpc) is 2.78. The molecule has 96 valence electrons.